The third-order valence-electron chi connectivity index (χ3n) is 1.83. The molecule has 1 aromatic rings. The molecular weight excluding hydrogens is 218 g/mol. The molecule has 0 radical (unpaired) electrons. The van der Waals surface area contributed by atoms with Crippen LogP contribution in [0.15, 0.2) is 23.8 Å². The van der Waals surface area contributed by atoms with Gasteiger partial charge in [-0.3, -0.25) is 10.1 Å². The summed E-state index contributed by atoms with van der Waals surface area (Å²) in [6.45, 7) is 1.66. The van der Waals surface area contributed by atoms with Crippen LogP contribution in [-0.4, -0.2) is 16.6 Å². The van der Waals surface area contributed by atoms with Crippen LogP contribution in [0.4, 0.5) is 5.69 Å². The fourth-order valence-electron chi connectivity index (χ4n) is 1.09. The highest BCUT2D eigenvalue weighted by molar-refractivity contribution is 6.32. The predicted molar refractivity (Wildman–Crippen MR) is 58.8 cm³/mol. The first-order chi connectivity index (χ1) is 7.04. The van der Waals surface area contributed by atoms with Crippen molar-refractivity contribution in [1.82, 2.24) is 0 Å². The van der Waals surface area contributed by atoms with Crippen LogP contribution in [0, 0.1) is 10.1 Å². The Labute approximate surface area is 92.0 Å². The van der Waals surface area contributed by atoms with Crippen LogP contribution >= 0.6 is 11.6 Å². The molecule has 15 heavy (non-hydrogen) atoms. The summed E-state index contributed by atoms with van der Waals surface area (Å²) < 4.78 is 0. The van der Waals surface area contributed by atoms with Gasteiger partial charge in [-0.2, -0.15) is 0 Å². The van der Waals surface area contributed by atoms with Gasteiger partial charge in [0.05, 0.1) is 11.5 Å². The predicted octanol–water partition coefficient (Wildman–Crippen LogP) is 2.64. The zero-order chi connectivity index (χ0) is 11.4. The van der Waals surface area contributed by atoms with Gasteiger partial charge in [0.15, 0.2) is 0 Å². The second kappa shape index (κ2) is 4.91. The molecule has 0 spiro atoms. The average Bonchev–Trinajstić information content (AvgIpc) is 2.20. The lowest BCUT2D eigenvalue weighted by Gasteiger charge is -1.99. The number of benzene rings is 1. The molecule has 0 saturated carbocycles. The molecule has 1 N–H and O–H groups in total. The number of nitro groups is 1. The highest BCUT2D eigenvalue weighted by atomic mass is 35.5. The van der Waals surface area contributed by atoms with Crippen molar-refractivity contribution >= 4 is 23.4 Å². The molecule has 0 aromatic heterocycles. The third kappa shape index (κ3) is 3.04. The number of nitro benzene ring substituents is 1. The Morgan fingerprint density at radius 3 is 2.87 bits per heavy atom. The van der Waals surface area contributed by atoms with E-state index in [0.29, 0.717) is 5.56 Å². The summed E-state index contributed by atoms with van der Waals surface area (Å²) in [4.78, 5) is 10.0. The molecule has 1 aromatic carbocycles. The fraction of sp³-hybridized carbons (Fsp3) is 0.200. The van der Waals surface area contributed by atoms with E-state index >= 15 is 0 Å². The Bertz CT molecular complexity index is 415. The summed E-state index contributed by atoms with van der Waals surface area (Å²) in [6.07, 6.45) is 1.67. The maximum absolute atomic E-state index is 10.6. The Kier molecular flexibility index (Phi) is 3.82. The van der Waals surface area contributed by atoms with E-state index in [1.165, 1.54) is 12.1 Å². The van der Waals surface area contributed by atoms with Gasteiger partial charge in [0.25, 0.3) is 5.69 Å². The highest BCUT2D eigenvalue weighted by Gasteiger charge is 2.11. The fourth-order valence-corrected chi connectivity index (χ4v) is 1.28. The van der Waals surface area contributed by atoms with Gasteiger partial charge in [-0.25, -0.2) is 0 Å². The summed E-state index contributed by atoms with van der Waals surface area (Å²) in [7, 11) is 0. The summed E-state index contributed by atoms with van der Waals surface area (Å²) >= 11 is 5.65. The molecule has 0 saturated heterocycles. The van der Waals surface area contributed by atoms with E-state index in [-0.39, 0.29) is 17.3 Å². The summed E-state index contributed by atoms with van der Waals surface area (Å²) in [5.74, 6) is 0. The van der Waals surface area contributed by atoms with Crippen LogP contribution in [0.2, 0.25) is 5.02 Å². The van der Waals surface area contributed by atoms with Crippen molar-refractivity contribution in [2.75, 3.05) is 6.61 Å². The van der Waals surface area contributed by atoms with Crippen LogP contribution < -0.4 is 0 Å². The second-order valence-corrected chi connectivity index (χ2v) is 3.52. The number of aliphatic hydroxyl groups excluding tert-OH is 1. The Hall–Kier alpha value is -1.39. The Morgan fingerprint density at radius 1 is 1.67 bits per heavy atom. The molecule has 0 amide bonds. The normalized spacial score (nSPS) is 11.5. The van der Waals surface area contributed by atoms with Gasteiger partial charge in [-0.05, 0) is 24.1 Å². The van der Waals surface area contributed by atoms with Gasteiger partial charge in [0.2, 0.25) is 0 Å². The molecule has 0 heterocycles. The standard InChI is InChI=1S/C10H10ClNO3/c1-7(6-13)4-8-2-3-9(11)10(5-8)12(14)15/h2-5,13H,6H2,1H3. The number of hydrogen-bond acceptors (Lipinski definition) is 3. The first-order valence-corrected chi connectivity index (χ1v) is 4.64. The van der Waals surface area contributed by atoms with E-state index in [9.17, 15) is 10.1 Å². The molecule has 0 aliphatic carbocycles. The lowest BCUT2D eigenvalue weighted by Crippen LogP contribution is -1.90. The minimum absolute atomic E-state index is 0.0730. The quantitative estimate of drug-likeness (QED) is 0.638. The van der Waals surface area contributed by atoms with E-state index in [0.717, 1.165) is 5.57 Å². The van der Waals surface area contributed by atoms with E-state index in [4.69, 9.17) is 16.7 Å². The highest BCUT2D eigenvalue weighted by Crippen LogP contribution is 2.25. The summed E-state index contributed by atoms with van der Waals surface area (Å²) in [6, 6.07) is 4.51. The SMILES string of the molecule is CC(=Cc1ccc(Cl)c([N+](=O)[O-])c1)CO. The molecule has 1 rings (SSSR count). The Morgan fingerprint density at radius 2 is 2.33 bits per heavy atom. The van der Waals surface area contributed by atoms with E-state index in [1.807, 2.05) is 0 Å². The van der Waals surface area contributed by atoms with Gasteiger partial charge in [0.1, 0.15) is 5.02 Å². The smallest absolute Gasteiger partial charge is 0.288 e. The van der Waals surface area contributed by atoms with Crippen LogP contribution in [0.3, 0.4) is 0 Å². The molecule has 80 valence electrons. The molecule has 0 aliphatic heterocycles. The molecule has 4 nitrogen and oxygen atoms in total. The first-order valence-electron chi connectivity index (χ1n) is 4.26. The molecule has 0 fully saturated rings. The van der Waals surface area contributed by atoms with E-state index in [1.54, 1.807) is 19.1 Å². The van der Waals surface area contributed by atoms with Crippen LogP contribution in [0.5, 0.6) is 0 Å². The van der Waals surface area contributed by atoms with Gasteiger partial charge in [-0.1, -0.05) is 23.7 Å². The topological polar surface area (TPSA) is 63.4 Å². The first kappa shape index (κ1) is 11.7. The van der Waals surface area contributed by atoms with Crippen molar-refractivity contribution in [2.45, 2.75) is 6.92 Å². The van der Waals surface area contributed by atoms with Crippen molar-refractivity contribution in [2.24, 2.45) is 0 Å². The average molecular weight is 228 g/mol. The van der Waals surface area contributed by atoms with Crippen molar-refractivity contribution in [3.63, 3.8) is 0 Å². The van der Waals surface area contributed by atoms with E-state index < -0.39 is 4.92 Å². The van der Waals surface area contributed by atoms with Gasteiger partial charge >= 0.3 is 0 Å². The van der Waals surface area contributed by atoms with E-state index in [2.05, 4.69) is 0 Å². The maximum atomic E-state index is 10.6. The number of hydrogen-bond donors (Lipinski definition) is 1. The number of nitrogens with zero attached hydrogens (tertiary/aromatic N) is 1. The number of rotatable bonds is 3. The number of aliphatic hydroxyl groups is 1. The zero-order valence-corrected chi connectivity index (χ0v) is 8.86. The van der Waals surface area contributed by atoms with Gasteiger partial charge in [0, 0.05) is 6.07 Å². The van der Waals surface area contributed by atoms with Crippen LogP contribution in [0.25, 0.3) is 6.08 Å². The van der Waals surface area contributed by atoms with Crippen molar-refractivity contribution < 1.29 is 10.0 Å². The van der Waals surface area contributed by atoms with Gasteiger partial charge in [-0.15, -0.1) is 0 Å². The second-order valence-electron chi connectivity index (χ2n) is 3.12. The molecule has 0 aliphatic rings. The lowest BCUT2D eigenvalue weighted by molar-refractivity contribution is -0.384. The Balaban J connectivity index is 3.13. The van der Waals surface area contributed by atoms with Gasteiger partial charge < -0.3 is 5.11 Å². The molecule has 0 unspecified atom stereocenters. The minimum atomic E-state index is -0.534. The molecule has 5 heteroatoms. The zero-order valence-electron chi connectivity index (χ0n) is 8.11. The van der Waals surface area contributed by atoms with Crippen molar-refractivity contribution in [1.29, 1.82) is 0 Å². The summed E-state index contributed by atoms with van der Waals surface area (Å²) in [5.41, 5.74) is 1.25. The minimum Gasteiger partial charge on any atom is -0.392 e. The van der Waals surface area contributed by atoms with Crippen molar-refractivity contribution in [3.8, 4) is 0 Å². The maximum Gasteiger partial charge on any atom is 0.288 e. The molecule has 0 atom stereocenters. The monoisotopic (exact) mass is 227 g/mol. The summed E-state index contributed by atoms with van der Waals surface area (Å²) in [5, 5.41) is 19.5. The largest absolute Gasteiger partial charge is 0.392 e. The third-order valence-corrected chi connectivity index (χ3v) is 2.15. The van der Waals surface area contributed by atoms with Crippen LogP contribution in [-0.2, 0) is 0 Å². The number of halogens is 1. The lowest BCUT2D eigenvalue weighted by atomic mass is 10.1. The molecule has 0 bridgehead atoms. The van der Waals surface area contributed by atoms with Crippen LogP contribution in [0.1, 0.15) is 12.5 Å². The van der Waals surface area contributed by atoms with Crippen molar-refractivity contribution in [3.05, 3.63) is 44.5 Å². The molecular formula is C10H10ClNO3.